The smallest absolute Gasteiger partial charge is 0.262 e. The van der Waals surface area contributed by atoms with E-state index in [4.69, 9.17) is 9.84 Å². The van der Waals surface area contributed by atoms with E-state index >= 15 is 0 Å². The number of nitrogens with zero attached hydrogens (tertiary/aromatic N) is 2. The van der Waals surface area contributed by atoms with Gasteiger partial charge in [-0.3, -0.25) is 9.59 Å². The van der Waals surface area contributed by atoms with Crippen LogP contribution in [0.5, 0.6) is 5.75 Å². The Morgan fingerprint density at radius 3 is 2.67 bits per heavy atom. The van der Waals surface area contributed by atoms with Crippen molar-refractivity contribution in [3.63, 3.8) is 0 Å². The van der Waals surface area contributed by atoms with Crippen LogP contribution in [0.15, 0.2) is 42.5 Å². The van der Waals surface area contributed by atoms with Crippen LogP contribution in [-0.2, 0) is 9.59 Å². The second-order valence-corrected chi connectivity index (χ2v) is 8.28. The number of ether oxygens (including phenoxy) is 1. The van der Waals surface area contributed by atoms with E-state index in [-0.39, 0.29) is 43.7 Å². The number of anilines is 1. The number of amides is 2. The van der Waals surface area contributed by atoms with E-state index in [1.165, 1.54) is 4.90 Å². The SMILES string of the molecule is N#Cc1cc(-c2cccc(NC(=O)C3(F)CC3)c2)ccc1O[C@H]1CCN(C(=O)CO)C[C@H]1F. The summed E-state index contributed by atoms with van der Waals surface area (Å²) in [5, 5.41) is 21.1. The van der Waals surface area contributed by atoms with Crippen molar-refractivity contribution in [3.8, 4) is 22.9 Å². The Kier molecular flexibility index (Phi) is 6.29. The second kappa shape index (κ2) is 9.16. The number of aliphatic hydroxyl groups excluding tert-OH is 1. The summed E-state index contributed by atoms with van der Waals surface area (Å²) in [6.07, 6.45) is -1.59. The number of benzene rings is 2. The first-order valence-electron chi connectivity index (χ1n) is 10.7. The third-order valence-electron chi connectivity index (χ3n) is 5.90. The summed E-state index contributed by atoms with van der Waals surface area (Å²) in [5.74, 6) is -0.961. The number of likely N-dealkylation sites (tertiary alicyclic amines) is 1. The van der Waals surface area contributed by atoms with Crippen LogP contribution >= 0.6 is 0 Å². The molecule has 1 saturated heterocycles. The van der Waals surface area contributed by atoms with Crippen molar-refractivity contribution < 1.29 is 28.2 Å². The van der Waals surface area contributed by atoms with E-state index in [2.05, 4.69) is 11.4 Å². The number of carbonyl (C=O) groups is 2. The molecule has 9 heteroatoms. The van der Waals surface area contributed by atoms with Crippen molar-refractivity contribution in [1.29, 1.82) is 5.26 Å². The molecule has 2 aliphatic rings. The predicted molar refractivity (Wildman–Crippen MR) is 116 cm³/mol. The summed E-state index contributed by atoms with van der Waals surface area (Å²) < 4.78 is 34.2. The van der Waals surface area contributed by atoms with Gasteiger partial charge in [-0.05, 0) is 48.2 Å². The Morgan fingerprint density at radius 1 is 1.24 bits per heavy atom. The van der Waals surface area contributed by atoms with Gasteiger partial charge >= 0.3 is 0 Å². The van der Waals surface area contributed by atoms with E-state index in [1.54, 1.807) is 42.5 Å². The van der Waals surface area contributed by atoms with Gasteiger partial charge in [-0.15, -0.1) is 0 Å². The van der Waals surface area contributed by atoms with Gasteiger partial charge in [-0.25, -0.2) is 8.78 Å². The molecule has 2 N–H and O–H groups in total. The fourth-order valence-electron chi connectivity index (χ4n) is 3.76. The van der Waals surface area contributed by atoms with Gasteiger partial charge in [-0.1, -0.05) is 18.2 Å². The maximum atomic E-state index is 14.6. The van der Waals surface area contributed by atoms with Gasteiger partial charge in [0.2, 0.25) is 5.91 Å². The maximum absolute atomic E-state index is 14.6. The molecule has 172 valence electrons. The van der Waals surface area contributed by atoms with Gasteiger partial charge in [-0.2, -0.15) is 5.26 Å². The summed E-state index contributed by atoms with van der Waals surface area (Å²) in [6, 6.07) is 13.8. The Labute approximate surface area is 189 Å². The summed E-state index contributed by atoms with van der Waals surface area (Å²) >= 11 is 0. The molecule has 7 nitrogen and oxygen atoms in total. The van der Waals surface area contributed by atoms with Crippen molar-refractivity contribution in [3.05, 3.63) is 48.0 Å². The number of hydrogen-bond acceptors (Lipinski definition) is 5. The van der Waals surface area contributed by atoms with Crippen LogP contribution in [-0.4, -0.2) is 59.5 Å². The van der Waals surface area contributed by atoms with Crippen molar-refractivity contribution in [2.45, 2.75) is 37.2 Å². The highest BCUT2D eigenvalue weighted by atomic mass is 19.1. The minimum atomic E-state index is -1.78. The van der Waals surface area contributed by atoms with Crippen molar-refractivity contribution in [2.24, 2.45) is 0 Å². The number of nitrogens with one attached hydrogen (secondary N) is 1. The first-order valence-corrected chi connectivity index (χ1v) is 10.7. The number of alkyl halides is 2. The fourth-order valence-corrected chi connectivity index (χ4v) is 3.76. The first kappa shape index (κ1) is 22.7. The first-order chi connectivity index (χ1) is 15.8. The average Bonchev–Trinajstić information content (AvgIpc) is 3.58. The number of halogens is 2. The van der Waals surface area contributed by atoms with E-state index in [0.29, 0.717) is 16.8 Å². The summed E-state index contributed by atoms with van der Waals surface area (Å²) in [7, 11) is 0. The van der Waals surface area contributed by atoms with Crippen LogP contribution in [0.1, 0.15) is 24.8 Å². The third-order valence-corrected chi connectivity index (χ3v) is 5.90. The van der Waals surface area contributed by atoms with Crippen LogP contribution in [0, 0.1) is 11.3 Å². The zero-order valence-electron chi connectivity index (χ0n) is 17.8. The van der Waals surface area contributed by atoms with Crippen molar-refractivity contribution >= 4 is 17.5 Å². The fraction of sp³-hybridized carbons (Fsp3) is 0.375. The second-order valence-electron chi connectivity index (χ2n) is 8.28. The number of nitriles is 1. The van der Waals surface area contributed by atoms with E-state index in [1.807, 2.05) is 0 Å². The highest BCUT2D eigenvalue weighted by Gasteiger charge is 2.50. The summed E-state index contributed by atoms with van der Waals surface area (Å²) in [4.78, 5) is 24.8. The lowest BCUT2D eigenvalue weighted by atomic mass is 10.0. The normalized spacial score (nSPS) is 21.1. The molecule has 4 rings (SSSR count). The number of rotatable bonds is 6. The van der Waals surface area contributed by atoms with Gasteiger partial charge in [0.15, 0.2) is 11.8 Å². The van der Waals surface area contributed by atoms with Crippen LogP contribution < -0.4 is 10.1 Å². The molecule has 0 unspecified atom stereocenters. The van der Waals surface area contributed by atoms with Crippen molar-refractivity contribution in [1.82, 2.24) is 4.90 Å². The Hall–Kier alpha value is -3.51. The van der Waals surface area contributed by atoms with E-state index in [0.717, 1.165) is 0 Å². The van der Waals surface area contributed by atoms with Crippen molar-refractivity contribution in [2.75, 3.05) is 25.0 Å². The van der Waals surface area contributed by atoms with Crippen LogP contribution in [0.4, 0.5) is 14.5 Å². The molecule has 2 atom stereocenters. The molecule has 2 aromatic rings. The standard InChI is InChI=1S/C24H23F2N3O4/c25-19-13-29(22(31)14-30)9-6-21(19)33-20-5-4-16(10-17(20)12-27)15-2-1-3-18(11-15)28-23(32)24(26)7-8-24/h1-5,10-11,19,21,30H,6-9,13-14H2,(H,28,32)/t19-,21+/m1/s1. The molecule has 2 fully saturated rings. The molecule has 1 heterocycles. The molecule has 2 amide bonds. The maximum Gasteiger partial charge on any atom is 0.262 e. The van der Waals surface area contributed by atoms with Crippen LogP contribution in [0.3, 0.4) is 0 Å². The molecule has 0 bridgehead atoms. The minimum Gasteiger partial charge on any atom is -0.486 e. The zero-order chi connectivity index (χ0) is 23.6. The predicted octanol–water partition coefficient (Wildman–Crippen LogP) is 2.98. The summed E-state index contributed by atoms with van der Waals surface area (Å²) in [5.41, 5.74) is 0.266. The monoisotopic (exact) mass is 455 g/mol. The molecule has 0 radical (unpaired) electrons. The molecule has 0 spiro atoms. The van der Waals surface area contributed by atoms with Gasteiger partial charge in [0.25, 0.3) is 5.91 Å². The van der Waals surface area contributed by atoms with Gasteiger partial charge in [0, 0.05) is 18.7 Å². The average molecular weight is 455 g/mol. The number of aliphatic hydroxyl groups is 1. The Balaban J connectivity index is 1.47. The van der Waals surface area contributed by atoms with E-state index < -0.39 is 36.4 Å². The lowest BCUT2D eigenvalue weighted by molar-refractivity contribution is -0.138. The minimum absolute atomic E-state index is 0.178. The zero-order valence-corrected chi connectivity index (χ0v) is 17.8. The Morgan fingerprint density at radius 2 is 2.00 bits per heavy atom. The Bertz CT molecular complexity index is 1110. The van der Waals surface area contributed by atoms with Gasteiger partial charge < -0.3 is 20.1 Å². The lowest BCUT2D eigenvalue weighted by Gasteiger charge is -2.34. The molecule has 0 aromatic heterocycles. The lowest BCUT2D eigenvalue weighted by Crippen LogP contribution is -2.50. The topological polar surface area (TPSA) is 103 Å². The largest absolute Gasteiger partial charge is 0.486 e. The van der Waals surface area contributed by atoms with Crippen LogP contribution in [0.2, 0.25) is 0 Å². The number of hydrogen-bond donors (Lipinski definition) is 2. The quantitative estimate of drug-likeness (QED) is 0.697. The molecular formula is C24H23F2N3O4. The molecule has 2 aromatic carbocycles. The van der Waals surface area contributed by atoms with E-state index in [9.17, 15) is 23.6 Å². The molecule has 1 saturated carbocycles. The van der Waals surface area contributed by atoms with Crippen LogP contribution in [0.25, 0.3) is 11.1 Å². The third kappa shape index (κ3) is 4.96. The number of carbonyl (C=O) groups excluding carboxylic acids is 2. The molecule has 33 heavy (non-hydrogen) atoms. The number of piperidine rings is 1. The highest BCUT2D eigenvalue weighted by molar-refractivity contribution is 5.99. The highest BCUT2D eigenvalue weighted by Crippen LogP contribution is 2.41. The molecule has 1 aliphatic carbocycles. The van der Waals surface area contributed by atoms with Gasteiger partial charge in [0.05, 0.1) is 12.1 Å². The molecule has 1 aliphatic heterocycles. The van der Waals surface area contributed by atoms with Gasteiger partial charge in [0.1, 0.15) is 24.5 Å². The summed E-state index contributed by atoms with van der Waals surface area (Å²) in [6.45, 7) is -0.594. The molecular weight excluding hydrogens is 432 g/mol.